The third kappa shape index (κ3) is 4.66. The molecule has 2 aliphatic rings. The molecular weight excluding hydrogens is 356 g/mol. The van der Waals surface area contributed by atoms with Crippen LogP contribution in [-0.4, -0.2) is 36.5 Å². The second kappa shape index (κ2) is 8.23. The van der Waals surface area contributed by atoms with Crippen LogP contribution < -0.4 is 5.32 Å². The van der Waals surface area contributed by atoms with E-state index in [0.29, 0.717) is 19.6 Å². The third-order valence-electron chi connectivity index (χ3n) is 4.72. The minimum Gasteiger partial charge on any atom is -0.312 e. The minimum absolute atomic E-state index is 0.126. The SMILES string of the molecule is CC.CC1CN(C(c2cc(F)c(Cl)cc2F)C2CC(F)(F)C2)CCN1. The summed E-state index contributed by atoms with van der Waals surface area (Å²) in [7, 11) is 0. The molecule has 1 aromatic rings. The van der Waals surface area contributed by atoms with Gasteiger partial charge in [-0.3, -0.25) is 4.90 Å². The van der Waals surface area contributed by atoms with E-state index in [9.17, 15) is 17.6 Å². The van der Waals surface area contributed by atoms with Crippen LogP contribution in [0.2, 0.25) is 5.02 Å². The Balaban J connectivity index is 0.00000109. The number of alkyl halides is 2. The monoisotopic (exact) mass is 380 g/mol. The number of nitrogens with one attached hydrogen (secondary N) is 1. The highest BCUT2D eigenvalue weighted by Crippen LogP contribution is 2.51. The number of halogens is 5. The Morgan fingerprint density at radius 1 is 1.20 bits per heavy atom. The van der Waals surface area contributed by atoms with Crippen LogP contribution in [0.3, 0.4) is 0 Å². The van der Waals surface area contributed by atoms with Gasteiger partial charge >= 0.3 is 0 Å². The lowest BCUT2D eigenvalue weighted by Crippen LogP contribution is -2.54. The number of rotatable bonds is 3. The molecule has 2 atom stereocenters. The maximum absolute atomic E-state index is 14.4. The van der Waals surface area contributed by atoms with E-state index in [2.05, 4.69) is 5.32 Å². The van der Waals surface area contributed by atoms with Crippen molar-refractivity contribution in [2.24, 2.45) is 5.92 Å². The van der Waals surface area contributed by atoms with Crippen LogP contribution in [0.1, 0.15) is 45.2 Å². The number of piperazine rings is 1. The van der Waals surface area contributed by atoms with Crippen molar-refractivity contribution in [3.05, 3.63) is 34.4 Å². The summed E-state index contributed by atoms with van der Waals surface area (Å²) in [6.45, 7) is 7.90. The summed E-state index contributed by atoms with van der Waals surface area (Å²) in [5.41, 5.74) is 0.126. The molecule has 1 aliphatic heterocycles. The van der Waals surface area contributed by atoms with Gasteiger partial charge in [0, 0.05) is 50.1 Å². The quantitative estimate of drug-likeness (QED) is 0.584. The van der Waals surface area contributed by atoms with Crippen molar-refractivity contribution in [1.82, 2.24) is 10.2 Å². The smallest absolute Gasteiger partial charge is 0.248 e. The fourth-order valence-corrected chi connectivity index (χ4v) is 3.81. The van der Waals surface area contributed by atoms with Gasteiger partial charge in [0.25, 0.3) is 0 Å². The topological polar surface area (TPSA) is 15.3 Å². The highest BCUT2D eigenvalue weighted by Gasteiger charge is 2.51. The summed E-state index contributed by atoms with van der Waals surface area (Å²) in [5.74, 6) is -4.44. The molecular formula is C18H25ClF4N2. The maximum atomic E-state index is 14.4. The molecule has 0 spiro atoms. The van der Waals surface area contributed by atoms with E-state index < -0.39 is 23.6 Å². The molecule has 0 radical (unpaired) electrons. The largest absolute Gasteiger partial charge is 0.312 e. The summed E-state index contributed by atoms with van der Waals surface area (Å²) in [6, 6.07) is 1.62. The van der Waals surface area contributed by atoms with Crippen LogP contribution in [0.25, 0.3) is 0 Å². The van der Waals surface area contributed by atoms with Gasteiger partial charge in [-0.2, -0.15) is 0 Å². The lowest BCUT2D eigenvalue weighted by Gasteiger charge is -2.47. The summed E-state index contributed by atoms with van der Waals surface area (Å²) in [4.78, 5) is 1.98. The first-order valence-electron chi connectivity index (χ1n) is 8.76. The van der Waals surface area contributed by atoms with Crippen molar-refractivity contribution >= 4 is 11.6 Å². The molecule has 3 rings (SSSR count). The normalized spacial score (nSPS) is 24.9. The van der Waals surface area contributed by atoms with Crippen molar-refractivity contribution in [1.29, 1.82) is 0 Å². The lowest BCUT2D eigenvalue weighted by atomic mass is 9.73. The zero-order chi connectivity index (χ0) is 18.8. The standard InChI is InChI=1S/C16H19ClF4N2.C2H6/c1-9-8-23(3-2-22-9)15(10-6-16(20,21)7-10)11-4-14(19)12(17)5-13(11)18;1-2/h4-5,9-10,15,22H,2-3,6-8H2,1H3;1-2H3. The highest BCUT2D eigenvalue weighted by molar-refractivity contribution is 6.30. The molecule has 0 amide bonds. The molecule has 1 N–H and O–H groups in total. The van der Waals surface area contributed by atoms with Gasteiger partial charge in [-0.25, -0.2) is 17.6 Å². The predicted octanol–water partition coefficient (Wildman–Crippen LogP) is 5.02. The summed E-state index contributed by atoms with van der Waals surface area (Å²) >= 11 is 5.61. The first kappa shape index (κ1) is 20.5. The Kier molecular flexibility index (Phi) is 6.74. The van der Waals surface area contributed by atoms with Crippen LogP contribution in [-0.2, 0) is 0 Å². The van der Waals surface area contributed by atoms with Gasteiger partial charge < -0.3 is 5.32 Å². The molecule has 1 aromatic carbocycles. The number of benzene rings is 1. The predicted molar refractivity (Wildman–Crippen MR) is 92.2 cm³/mol. The molecule has 7 heteroatoms. The van der Waals surface area contributed by atoms with Crippen LogP contribution in [0.4, 0.5) is 17.6 Å². The number of hydrogen-bond acceptors (Lipinski definition) is 2. The number of nitrogens with zero attached hydrogens (tertiary/aromatic N) is 1. The summed E-state index contributed by atoms with van der Waals surface area (Å²) in [5, 5.41) is 2.97. The van der Waals surface area contributed by atoms with Gasteiger partial charge in [0.1, 0.15) is 11.6 Å². The van der Waals surface area contributed by atoms with E-state index >= 15 is 0 Å². The summed E-state index contributed by atoms with van der Waals surface area (Å²) in [6.07, 6.45) is -0.584. The first-order chi connectivity index (χ1) is 11.8. The van der Waals surface area contributed by atoms with Crippen molar-refractivity contribution in [2.45, 2.75) is 51.6 Å². The van der Waals surface area contributed by atoms with Crippen molar-refractivity contribution < 1.29 is 17.6 Å². The Morgan fingerprint density at radius 3 is 2.40 bits per heavy atom. The Labute approximate surface area is 151 Å². The molecule has 1 saturated heterocycles. The van der Waals surface area contributed by atoms with Gasteiger partial charge in [0.2, 0.25) is 5.92 Å². The molecule has 0 bridgehead atoms. The van der Waals surface area contributed by atoms with Crippen LogP contribution in [0, 0.1) is 17.6 Å². The lowest BCUT2D eigenvalue weighted by molar-refractivity contribution is -0.134. The van der Waals surface area contributed by atoms with Gasteiger partial charge in [0.05, 0.1) is 5.02 Å². The molecule has 142 valence electrons. The first-order valence-corrected chi connectivity index (χ1v) is 9.14. The van der Waals surface area contributed by atoms with Crippen molar-refractivity contribution in [3.63, 3.8) is 0 Å². The molecule has 2 fully saturated rings. The molecule has 25 heavy (non-hydrogen) atoms. The van der Waals surface area contributed by atoms with E-state index in [0.717, 1.165) is 12.1 Å². The highest BCUT2D eigenvalue weighted by atomic mass is 35.5. The molecule has 2 nitrogen and oxygen atoms in total. The molecule has 0 aromatic heterocycles. The van der Waals surface area contributed by atoms with E-state index in [4.69, 9.17) is 11.6 Å². The van der Waals surface area contributed by atoms with E-state index in [1.165, 1.54) is 0 Å². The molecule has 1 aliphatic carbocycles. The third-order valence-corrected chi connectivity index (χ3v) is 5.01. The number of hydrogen-bond donors (Lipinski definition) is 1. The zero-order valence-electron chi connectivity index (χ0n) is 14.8. The molecule has 1 saturated carbocycles. The van der Waals surface area contributed by atoms with Gasteiger partial charge in [-0.1, -0.05) is 25.4 Å². The minimum atomic E-state index is -2.70. The maximum Gasteiger partial charge on any atom is 0.248 e. The van der Waals surface area contributed by atoms with E-state index in [1.807, 2.05) is 25.7 Å². The average Bonchev–Trinajstić information content (AvgIpc) is 2.53. The second-order valence-corrected chi connectivity index (χ2v) is 7.01. The van der Waals surface area contributed by atoms with Crippen molar-refractivity contribution in [2.75, 3.05) is 19.6 Å². The Hall–Kier alpha value is -0.850. The van der Waals surface area contributed by atoms with Crippen LogP contribution >= 0.6 is 11.6 Å². The van der Waals surface area contributed by atoms with Crippen LogP contribution in [0.5, 0.6) is 0 Å². The zero-order valence-corrected chi connectivity index (χ0v) is 15.5. The molecule has 2 unspecified atom stereocenters. The van der Waals surface area contributed by atoms with Gasteiger partial charge in [-0.15, -0.1) is 0 Å². The van der Waals surface area contributed by atoms with Gasteiger partial charge in [-0.05, 0) is 25.0 Å². The summed E-state index contributed by atoms with van der Waals surface area (Å²) < 4.78 is 54.9. The van der Waals surface area contributed by atoms with E-state index in [-0.39, 0.29) is 35.4 Å². The fourth-order valence-electron chi connectivity index (χ4n) is 3.66. The molecule has 1 heterocycles. The second-order valence-electron chi connectivity index (χ2n) is 6.61. The van der Waals surface area contributed by atoms with Crippen LogP contribution in [0.15, 0.2) is 12.1 Å². The fraction of sp³-hybridized carbons (Fsp3) is 0.667. The Morgan fingerprint density at radius 2 is 1.84 bits per heavy atom. The van der Waals surface area contributed by atoms with Gasteiger partial charge in [0.15, 0.2) is 0 Å². The van der Waals surface area contributed by atoms with Crippen molar-refractivity contribution in [3.8, 4) is 0 Å². The van der Waals surface area contributed by atoms with E-state index in [1.54, 1.807) is 0 Å². The average molecular weight is 381 g/mol. The Bertz CT molecular complexity index is 589.